The van der Waals surface area contributed by atoms with E-state index in [9.17, 15) is 19.8 Å². The Bertz CT molecular complexity index is 626. The van der Waals surface area contributed by atoms with E-state index < -0.39 is 0 Å². The van der Waals surface area contributed by atoms with Crippen LogP contribution in [0.4, 0.5) is 0 Å². The zero-order chi connectivity index (χ0) is 16.8. The third-order valence-electron chi connectivity index (χ3n) is 3.81. The van der Waals surface area contributed by atoms with Gasteiger partial charge in [-0.2, -0.15) is 0 Å². The Labute approximate surface area is 135 Å². The number of carbonyl (C=O) groups is 2. The number of hydrogen-bond donors (Lipinski definition) is 2. The molecule has 0 spiro atoms. The summed E-state index contributed by atoms with van der Waals surface area (Å²) >= 11 is 0. The lowest BCUT2D eigenvalue weighted by molar-refractivity contribution is -0.126. The summed E-state index contributed by atoms with van der Waals surface area (Å²) in [4.78, 5) is 23.7. The van der Waals surface area contributed by atoms with Crippen molar-refractivity contribution in [2.45, 2.75) is 32.1 Å². The van der Waals surface area contributed by atoms with Crippen molar-refractivity contribution in [2.24, 2.45) is 0 Å². The van der Waals surface area contributed by atoms with Gasteiger partial charge in [-0.25, -0.2) is 0 Å². The first-order valence-electron chi connectivity index (χ1n) is 7.61. The lowest BCUT2D eigenvalue weighted by Gasteiger charge is -2.17. The predicted molar refractivity (Wildman–Crippen MR) is 87.6 cm³/mol. The predicted octanol–water partition coefficient (Wildman–Crippen LogP) is 3.56. The molecule has 0 bridgehead atoms. The topological polar surface area (TPSA) is 74.6 Å². The first-order chi connectivity index (χ1) is 11.0. The molecule has 0 aliphatic carbocycles. The van der Waals surface area contributed by atoms with Crippen molar-refractivity contribution in [3.8, 4) is 11.5 Å². The minimum absolute atomic E-state index is 0.0524. The molecule has 4 nitrogen and oxygen atoms in total. The van der Waals surface area contributed by atoms with Gasteiger partial charge in [0.1, 0.15) is 23.1 Å². The number of hydrogen-bond acceptors (Lipinski definition) is 4. The maximum atomic E-state index is 12.2. The lowest BCUT2D eigenvalue weighted by atomic mass is 9.86. The number of rotatable bonds is 7. The van der Waals surface area contributed by atoms with Crippen LogP contribution in [0, 0.1) is 0 Å². The third-order valence-corrected chi connectivity index (χ3v) is 3.81. The zero-order valence-electron chi connectivity index (χ0n) is 13.0. The van der Waals surface area contributed by atoms with Gasteiger partial charge >= 0.3 is 0 Å². The molecule has 0 radical (unpaired) electrons. The fourth-order valence-corrected chi connectivity index (χ4v) is 2.49. The van der Waals surface area contributed by atoms with Gasteiger partial charge < -0.3 is 10.2 Å². The fourth-order valence-electron chi connectivity index (χ4n) is 2.49. The Hall–Kier alpha value is -2.62. The highest BCUT2D eigenvalue weighted by Crippen LogP contribution is 2.30. The summed E-state index contributed by atoms with van der Waals surface area (Å²) < 4.78 is 0. The largest absolute Gasteiger partial charge is 0.508 e. The van der Waals surface area contributed by atoms with Crippen molar-refractivity contribution in [3.05, 3.63) is 59.7 Å². The number of ketones is 2. The van der Waals surface area contributed by atoms with Crippen LogP contribution in [0.3, 0.4) is 0 Å². The second kappa shape index (κ2) is 7.58. The summed E-state index contributed by atoms with van der Waals surface area (Å²) in [6, 6.07) is 13.4. The minimum atomic E-state index is -0.214. The molecule has 0 amide bonds. The Kier molecular flexibility index (Phi) is 5.52. The van der Waals surface area contributed by atoms with Crippen molar-refractivity contribution < 1.29 is 19.8 Å². The summed E-state index contributed by atoms with van der Waals surface area (Å²) in [6.07, 6.45) is 0.513. The third kappa shape index (κ3) is 4.68. The summed E-state index contributed by atoms with van der Waals surface area (Å²) in [6.45, 7) is 1.74. The molecule has 23 heavy (non-hydrogen) atoms. The van der Waals surface area contributed by atoms with Gasteiger partial charge in [0.25, 0.3) is 0 Å². The number of Topliss-reactive ketones (excluding diaryl/α,β-unsaturated/α-hetero) is 2. The van der Waals surface area contributed by atoms with Crippen LogP contribution in [-0.2, 0) is 9.59 Å². The van der Waals surface area contributed by atoms with Crippen molar-refractivity contribution in [1.29, 1.82) is 0 Å². The van der Waals surface area contributed by atoms with Gasteiger partial charge in [0, 0.05) is 18.8 Å². The maximum absolute atomic E-state index is 12.2. The summed E-state index contributed by atoms with van der Waals surface area (Å²) in [5.41, 5.74) is 1.76. The van der Waals surface area contributed by atoms with Crippen LogP contribution in [0.1, 0.15) is 43.2 Å². The highest BCUT2D eigenvalue weighted by Gasteiger charge is 2.19. The van der Waals surface area contributed by atoms with E-state index in [2.05, 4.69) is 0 Å². The smallest absolute Gasteiger partial charge is 0.141 e. The van der Waals surface area contributed by atoms with Crippen LogP contribution in [0.5, 0.6) is 11.5 Å². The molecule has 0 fully saturated rings. The molecule has 0 saturated heterocycles. The number of aromatic hydroxyl groups is 2. The van der Waals surface area contributed by atoms with Crippen molar-refractivity contribution >= 4 is 11.6 Å². The Morgan fingerprint density at radius 1 is 0.826 bits per heavy atom. The van der Waals surface area contributed by atoms with E-state index in [4.69, 9.17) is 0 Å². The highest BCUT2D eigenvalue weighted by molar-refractivity contribution is 5.99. The average molecular weight is 312 g/mol. The first-order valence-corrected chi connectivity index (χ1v) is 7.61. The zero-order valence-corrected chi connectivity index (χ0v) is 13.0. The minimum Gasteiger partial charge on any atom is -0.508 e. The van der Waals surface area contributed by atoms with Gasteiger partial charge in [0.2, 0.25) is 0 Å². The van der Waals surface area contributed by atoms with Crippen LogP contribution in [0.25, 0.3) is 0 Å². The number of phenols is 2. The molecule has 0 heterocycles. The maximum Gasteiger partial charge on any atom is 0.141 e. The number of benzene rings is 2. The molecule has 2 aromatic carbocycles. The number of carbonyl (C=O) groups excluding carboxylic acids is 2. The molecule has 0 aliphatic rings. The molecule has 0 aromatic heterocycles. The van der Waals surface area contributed by atoms with Gasteiger partial charge in [-0.1, -0.05) is 31.2 Å². The normalized spacial score (nSPS) is 10.7. The summed E-state index contributed by atoms with van der Waals surface area (Å²) in [5, 5.41) is 18.9. The molecule has 2 aromatic rings. The molecule has 0 unspecified atom stereocenters. The Balaban J connectivity index is 2.27. The molecule has 2 rings (SSSR count). The standard InChI is InChI=1S/C19H20O4/c1-2-15(20)11-18(23)12-19(13-3-7-16(21)8-4-13)14-5-9-17(22)10-6-14/h3-10,19,21-22H,2,11-12H2,1H3. The van der Waals surface area contributed by atoms with Crippen molar-refractivity contribution in [3.63, 3.8) is 0 Å². The molecule has 0 saturated carbocycles. The molecule has 0 atom stereocenters. The first kappa shape index (κ1) is 16.7. The van der Waals surface area contributed by atoms with E-state index >= 15 is 0 Å². The van der Waals surface area contributed by atoms with Gasteiger partial charge in [0.15, 0.2) is 0 Å². The molecule has 0 aliphatic heterocycles. The Morgan fingerprint density at radius 3 is 1.65 bits per heavy atom. The van der Waals surface area contributed by atoms with Gasteiger partial charge in [-0.05, 0) is 35.4 Å². The van der Waals surface area contributed by atoms with E-state index in [1.54, 1.807) is 55.5 Å². The number of phenolic OH excluding ortho intramolecular Hbond substituents is 2. The summed E-state index contributed by atoms with van der Waals surface area (Å²) in [7, 11) is 0. The van der Waals surface area contributed by atoms with E-state index in [1.807, 2.05) is 0 Å². The van der Waals surface area contributed by atoms with Crippen LogP contribution < -0.4 is 0 Å². The lowest BCUT2D eigenvalue weighted by Crippen LogP contribution is -2.12. The molecule has 120 valence electrons. The quantitative estimate of drug-likeness (QED) is 0.767. The molecular formula is C19H20O4. The summed E-state index contributed by atoms with van der Waals surface area (Å²) in [5.74, 6) is -0.0714. The monoisotopic (exact) mass is 312 g/mol. The molecule has 4 heteroatoms. The average Bonchev–Trinajstić information content (AvgIpc) is 2.54. The van der Waals surface area contributed by atoms with Crippen molar-refractivity contribution in [2.75, 3.05) is 0 Å². The van der Waals surface area contributed by atoms with Crippen LogP contribution in [-0.4, -0.2) is 21.8 Å². The van der Waals surface area contributed by atoms with Crippen LogP contribution in [0.2, 0.25) is 0 Å². The second-order valence-corrected chi connectivity index (χ2v) is 5.55. The van der Waals surface area contributed by atoms with E-state index in [-0.39, 0.29) is 41.8 Å². The van der Waals surface area contributed by atoms with E-state index in [0.717, 1.165) is 11.1 Å². The van der Waals surface area contributed by atoms with Gasteiger partial charge in [-0.15, -0.1) is 0 Å². The van der Waals surface area contributed by atoms with E-state index in [1.165, 1.54) is 0 Å². The highest BCUT2D eigenvalue weighted by atomic mass is 16.3. The van der Waals surface area contributed by atoms with E-state index in [0.29, 0.717) is 6.42 Å². The SMILES string of the molecule is CCC(=O)CC(=O)CC(c1ccc(O)cc1)c1ccc(O)cc1. The molecular weight excluding hydrogens is 292 g/mol. The van der Waals surface area contributed by atoms with Gasteiger partial charge in [-0.3, -0.25) is 9.59 Å². The fraction of sp³-hybridized carbons (Fsp3) is 0.263. The molecule has 2 N–H and O–H groups in total. The van der Waals surface area contributed by atoms with Crippen LogP contribution in [0.15, 0.2) is 48.5 Å². The second-order valence-electron chi connectivity index (χ2n) is 5.55. The van der Waals surface area contributed by atoms with Crippen molar-refractivity contribution in [1.82, 2.24) is 0 Å². The van der Waals surface area contributed by atoms with Crippen LogP contribution >= 0.6 is 0 Å². The van der Waals surface area contributed by atoms with Gasteiger partial charge in [0.05, 0.1) is 6.42 Å². The Morgan fingerprint density at radius 2 is 1.26 bits per heavy atom.